The van der Waals surface area contributed by atoms with E-state index in [1.807, 2.05) is 0 Å². The molecular formula is C30H52BN7O6. The lowest BCUT2D eigenvalue weighted by Gasteiger charge is -2.64. The van der Waals surface area contributed by atoms with E-state index in [0.29, 0.717) is 43.9 Å². The summed E-state index contributed by atoms with van der Waals surface area (Å²) in [5.74, 6) is 0.0260. The molecule has 4 fully saturated rings. The van der Waals surface area contributed by atoms with Gasteiger partial charge in [0.2, 0.25) is 11.8 Å². The Morgan fingerprint density at radius 1 is 1.14 bits per heavy atom. The fourth-order valence-corrected chi connectivity index (χ4v) is 7.28. The summed E-state index contributed by atoms with van der Waals surface area (Å²) in [6, 6.07) is 1.32. The highest BCUT2D eigenvalue weighted by molar-refractivity contribution is 6.48. The number of unbranched alkanes of at least 4 members (excludes halogenated alkanes) is 5. The SMILES string of the molecule is CC(C)C[C@H](NC(=O)[C@H](CCCN=C(N)N[N+](=O)[O-])NC(=O)CCCCCCCC#N)B1O[C@@H]2C[C@H]3C[C@H](C3(C)C)[C@]2(C)O1. The first kappa shape index (κ1) is 35.6. The number of hydrazine groups is 1. The number of guanidine groups is 1. The third-order valence-electron chi connectivity index (χ3n) is 9.83. The Balaban J connectivity index is 1.63. The normalized spacial score (nSPS) is 26.6. The summed E-state index contributed by atoms with van der Waals surface area (Å²) in [4.78, 5) is 41.1. The Bertz CT molecular complexity index is 1080. The van der Waals surface area contributed by atoms with Crippen molar-refractivity contribution in [2.24, 2.45) is 33.9 Å². The number of amides is 2. The van der Waals surface area contributed by atoms with E-state index in [-0.39, 0.29) is 48.2 Å². The molecule has 246 valence electrons. The minimum absolute atomic E-state index is 0.0117. The average Bonchev–Trinajstić information content (AvgIpc) is 3.30. The minimum atomic E-state index is -0.821. The quantitative estimate of drug-likeness (QED) is 0.0445. The highest BCUT2D eigenvalue weighted by Gasteiger charge is 2.68. The van der Waals surface area contributed by atoms with Crippen LogP contribution in [-0.4, -0.2) is 60.2 Å². The summed E-state index contributed by atoms with van der Waals surface area (Å²) in [5, 5.41) is 24.5. The van der Waals surface area contributed by atoms with Crippen LogP contribution in [0.25, 0.3) is 0 Å². The van der Waals surface area contributed by atoms with Gasteiger partial charge in [0.1, 0.15) is 6.04 Å². The highest BCUT2D eigenvalue weighted by Crippen LogP contribution is 2.65. The van der Waals surface area contributed by atoms with E-state index in [9.17, 15) is 19.7 Å². The molecule has 4 aliphatic rings. The van der Waals surface area contributed by atoms with E-state index in [1.165, 1.54) is 0 Å². The molecule has 13 nitrogen and oxygen atoms in total. The standard InChI is InChI=1S/C30H52BN7O6/c1-20(2)17-25(31-43-24-19-21-18-23(29(21,3)4)30(24,5)44-31)36-27(40)22(13-12-16-34-28(33)37-38(41)42)35-26(39)14-10-8-6-7-9-11-15-32/h20-25H,6-14,16-19H2,1-5H3,(H,35,39)(H,36,40)(H3,33,34,37)/t21-,22+,23-,24-,25+,30+/m1/s1. The van der Waals surface area contributed by atoms with E-state index in [2.05, 4.69) is 56.3 Å². The molecule has 3 aliphatic carbocycles. The summed E-state index contributed by atoms with van der Waals surface area (Å²) in [6.45, 7) is 11.1. The Kier molecular flexibility index (Phi) is 12.8. The molecule has 0 aromatic rings. The van der Waals surface area contributed by atoms with Crippen molar-refractivity contribution in [2.45, 2.75) is 135 Å². The van der Waals surface area contributed by atoms with Crippen LogP contribution in [-0.2, 0) is 18.9 Å². The third kappa shape index (κ3) is 9.30. The number of carbonyl (C=O) groups excluding carboxylic acids is 2. The van der Waals surface area contributed by atoms with Crippen molar-refractivity contribution in [1.29, 1.82) is 5.26 Å². The zero-order chi connectivity index (χ0) is 32.5. The van der Waals surface area contributed by atoms with Crippen molar-refractivity contribution in [3.8, 4) is 6.07 Å². The van der Waals surface area contributed by atoms with Gasteiger partial charge < -0.3 is 25.7 Å². The molecule has 1 saturated heterocycles. The second-order valence-electron chi connectivity index (χ2n) is 13.9. The van der Waals surface area contributed by atoms with Crippen LogP contribution >= 0.6 is 0 Å². The average molecular weight is 618 g/mol. The summed E-state index contributed by atoms with van der Waals surface area (Å²) in [5.41, 5.74) is 7.11. The number of hydrogen-bond donors (Lipinski definition) is 4. The maximum Gasteiger partial charge on any atom is 0.481 e. The zero-order valence-electron chi connectivity index (χ0n) is 27.1. The van der Waals surface area contributed by atoms with Crippen LogP contribution in [0.5, 0.6) is 0 Å². The molecule has 0 spiro atoms. The van der Waals surface area contributed by atoms with Gasteiger partial charge in [0.05, 0.1) is 23.7 Å². The lowest BCUT2D eigenvalue weighted by Crippen LogP contribution is -2.65. The van der Waals surface area contributed by atoms with Crippen LogP contribution in [0.1, 0.15) is 112 Å². The summed E-state index contributed by atoms with van der Waals surface area (Å²) in [7, 11) is -0.582. The highest BCUT2D eigenvalue weighted by atomic mass is 16.7. The van der Waals surface area contributed by atoms with Crippen molar-refractivity contribution in [2.75, 3.05) is 6.54 Å². The Morgan fingerprint density at radius 2 is 1.84 bits per heavy atom. The number of nitrogens with one attached hydrogen (secondary N) is 3. The van der Waals surface area contributed by atoms with Crippen LogP contribution in [0.3, 0.4) is 0 Å². The number of aliphatic imine (C=N–C) groups is 1. The van der Waals surface area contributed by atoms with Gasteiger partial charge in [-0.2, -0.15) is 5.26 Å². The lowest BCUT2D eigenvalue weighted by molar-refractivity contribution is -0.525. The van der Waals surface area contributed by atoms with Gasteiger partial charge in [0, 0.05) is 19.4 Å². The van der Waals surface area contributed by atoms with E-state index in [4.69, 9.17) is 20.3 Å². The number of rotatable bonds is 18. The predicted molar refractivity (Wildman–Crippen MR) is 167 cm³/mol. The first-order valence-corrected chi connectivity index (χ1v) is 16.3. The Labute approximate surface area is 262 Å². The van der Waals surface area contributed by atoms with Gasteiger partial charge in [-0.3, -0.25) is 9.59 Å². The van der Waals surface area contributed by atoms with E-state index >= 15 is 0 Å². The van der Waals surface area contributed by atoms with E-state index < -0.39 is 29.7 Å². The van der Waals surface area contributed by atoms with Crippen LogP contribution in [0, 0.1) is 44.6 Å². The van der Waals surface area contributed by atoms with Crippen molar-refractivity contribution in [3.05, 3.63) is 10.1 Å². The molecule has 6 atom stereocenters. The fourth-order valence-electron chi connectivity index (χ4n) is 7.28. The Hall–Kier alpha value is -2.92. The summed E-state index contributed by atoms with van der Waals surface area (Å²) < 4.78 is 13.2. The van der Waals surface area contributed by atoms with Gasteiger partial charge >= 0.3 is 7.12 Å². The molecule has 1 heterocycles. The van der Waals surface area contributed by atoms with Crippen molar-refractivity contribution in [1.82, 2.24) is 16.1 Å². The van der Waals surface area contributed by atoms with Crippen LogP contribution < -0.4 is 21.8 Å². The van der Waals surface area contributed by atoms with Crippen molar-refractivity contribution in [3.63, 3.8) is 0 Å². The second-order valence-corrected chi connectivity index (χ2v) is 13.9. The molecule has 0 unspecified atom stereocenters. The monoisotopic (exact) mass is 617 g/mol. The van der Waals surface area contributed by atoms with E-state index in [0.717, 1.165) is 38.5 Å². The molecule has 0 radical (unpaired) electrons. The molecule has 2 amide bonds. The van der Waals surface area contributed by atoms with Crippen LogP contribution in [0.4, 0.5) is 0 Å². The lowest BCUT2D eigenvalue weighted by atomic mass is 9.43. The zero-order valence-corrected chi connectivity index (χ0v) is 27.1. The number of nitro groups is 1. The van der Waals surface area contributed by atoms with Gasteiger partial charge in [-0.25, -0.2) is 15.1 Å². The summed E-state index contributed by atoms with van der Waals surface area (Å²) in [6.07, 6.45) is 8.55. The van der Waals surface area contributed by atoms with Gasteiger partial charge in [-0.1, -0.05) is 52.4 Å². The largest absolute Gasteiger partial charge is 0.481 e. The molecule has 3 saturated carbocycles. The second kappa shape index (κ2) is 15.9. The molecular weight excluding hydrogens is 565 g/mol. The smallest absolute Gasteiger partial charge is 0.404 e. The summed E-state index contributed by atoms with van der Waals surface area (Å²) >= 11 is 0. The van der Waals surface area contributed by atoms with E-state index in [1.54, 1.807) is 5.43 Å². The molecule has 4 rings (SSSR count). The molecule has 2 bridgehead atoms. The molecule has 44 heavy (non-hydrogen) atoms. The van der Waals surface area contributed by atoms with Gasteiger partial charge in [-0.15, -0.1) is 0 Å². The first-order valence-electron chi connectivity index (χ1n) is 16.3. The maximum atomic E-state index is 13.7. The Morgan fingerprint density at radius 3 is 2.50 bits per heavy atom. The molecule has 1 aliphatic heterocycles. The topological polar surface area (TPSA) is 194 Å². The number of nitriles is 1. The maximum absolute atomic E-state index is 13.7. The number of carbonyl (C=O) groups is 2. The van der Waals surface area contributed by atoms with Gasteiger partial charge in [0.15, 0.2) is 5.03 Å². The predicted octanol–water partition coefficient (Wildman–Crippen LogP) is 3.40. The number of nitrogens with zero attached hydrogens (tertiary/aromatic N) is 3. The first-order chi connectivity index (χ1) is 20.8. The molecule has 14 heteroatoms. The van der Waals surface area contributed by atoms with Crippen molar-refractivity contribution >= 4 is 24.9 Å². The molecule has 0 aromatic heterocycles. The van der Waals surface area contributed by atoms with Gasteiger partial charge in [0.25, 0.3) is 5.96 Å². The fraction of sp³-hybridized carbons (Fsp3) is 0.867. The molecule has 0 aromatic carbocycles. The van der Waals surface area contributed by atoms with Crippen molar-refractivity contribution < 1.29 is 23.9 Å². The van der Waals surface area contributed by atoms with Gasteiger partial charge in [-0.05, 0) is 75.0 Å². The number of hydrogen-bond acceptors (Lipinski definition) is 8. The molecule has 5 N–H and O–H groups in total. The number of nitrogens with two attached hydrogens (primary N) is 1. The van der Waals surface area contributed by atoms with Crippen LogP contribution in [0.2, 0.25) is 0 Å². The van der Waals surface area contributed by atoms with Crippen LogP contribution in [0.15, 0.2) is 4.99 Å². The third-order valence-corrected chi connectivity index (χ3v) is 9.83. The minimum Gasteiger partial charge on any atom is -0.404 e.